The number of benzene rings is 1. The first-order valence-corrected chi connectivity index (χ1v) is 10.8. The number of hydrogen-bond acceptors (Lipinski definition) is 5. The molecule has 3 rings (SSSR count). The van der Waals surface area contributed by atoms with Crippen molar-refractivity contribution >= 4 is 38.6 Å². The molecule has 1 aliphatic rings. The Morgan fingerprint density at radius 1 is 1.31 bits per heavy atom. The first-order valence-electron chi connectivity index (χ1n) is 8.40. The first-order chi connectivity index (χ1) is 12.2. The van der Waals surface area contributed by atoms with E-state index in [1.807, 2.05) is 20.8 Å². The molecule has 1 aromatic heterocycles. The molecule has 0 aliphatic carbocycles. The lowest BCUT2D eigenvalue weighted by Crippen LogP contribution is -2.42. The van der Waals surface area contributed by atoms with Gasteiger partial charge < -0.3 is 9.64 Å². The Balaban J connectivity index is 1.95. The van der Waals surface area contributed by atoms with E-state index in [4.69, 9.17) is 4.74 Å². The van der Waals surface area contributed by atoms with Crippen molar-refractivity contribution in [2.75, 3.05) is 22.8 Å². The monoisotopic (exact) mass is 394 g/mol. The van der Waals surface area contributed by atoms with Crippen molar-refractivity contribution in [3.63, 3.8) is 0 Å². The van der Waals surface area contributed by atoms with Crippen LogP contribution < -0.4 is 14.4 Å². The molecule has 0 unspecified atom stereocenters. The highest BCUT2D eigenvalue weighted by Gasteiger charge is 2.37. The number of amides is 1. The van der Waals surface area contributed by atoms with Crippen LogP contribution in [0.5, 0.6) is 5.75 Å². The van der Waals surface area contributed by atoms with E-state index in [0.29, 0.717) is 23.7 Å². The lowest BCUT2D eigenvalue weighted by Gasteiger charge is -2.27. The number of anilines is 2. The van der Waals surface area contributed by atoms with Gasteiger partial charge >= 0.3 is 0 Å². The number of hydrogen-bond donors (Lipinski definition) is 1. The predicted octanol–water partition coefficient (Wildman–Crippen LogP) is 3.71. The Labute approximate surface area is 157 Å². The van der Waals surface area contributed by atoms with E-state index in [9.17, 15) is 13.2 Å². The third-order valence-electron chi connectivity index (χ3n) is 4.12. The summed E-state index contributed by atoms with van der Waals surface area (Å²) in [6, 6.07) is 8.27. The number of carbonyl (C=O) groups excluding carboxylic acids is 1. The standard InChI is InChI=1S/C18H22N2O4S2/c1-4-9-20-14-8-7-13(19-26(22,23)16-6-5-10-25-16)11-15(14)24-12-18(2,3)17(20)21/h5-8,10-11,19H,4,9,12H2,1-3H3. The van der Waals surface area contributed by atoms with Crippen molar-refractivity contribution in [1.29, 1.82) is 0 Å². The van der Waals surface area contributed by atoms with E-state index in [1.165, 1.54) is 0 Å². The van der Waals surface area contributed by atoms with Crippen LogP contribution in [0.25, 0.3) is 0 Å². The molecule has 26 heavy (non-hydrogen) atoms. The van der Waals surface area contributed by atoms with Gasteiger partial charge in [-0.25, -0.2) is 8.42 Å². The molecule has 0 radical (unpaired) electrons. The quantitative estimate of drug-likeness (QED) is 0.839. The smallest absolute Gasteiger partial charge is 0.271 e. The van der Waals surface area contributed by atoms with Gasteiger partial charge in [-0.1, -0.05) is 13.0 Å². The molecule has 1 aromatic carbocycles. The summed E-state index contributed by atoms with van der Waals surface area (Å²) in [5.41, 5.74) is 0.424. The average molecular weight is 395 g/mol. The summed E-state index contributed by atoms with van der Waals surface area (Å²) in [6.45, 7) is 6.53. The van der Waals surface area contributed by atoms with Crippen LogP contribution in [0.1, 0.15) is 27.2 Å². The van der Waals surface area contributed by atoms with Gasteiger partial charge in [0.05, 0.1) is 16.8 Å². The van der Waals surface area contributed by atoms with Crippen molar-refractivity contribution < 1.29 is 17.9 Å². The average Bonchev–Trinajstić information content (AvgIpc) is 3.10. The molecule has 1 aliphatic heterocycles. The second-order valence-electron chi connectivity index (χ2n) is 6.85. The molecule has 0 atom stereocenters. The maximum Gasteiger partial charge on any atom is 0.271 e. The molecule has 2 aromatic rings. The number of fused-ring (bicyclic) bond motifs is 1. The zero-order valence-corrected chi connectivity index (χ0v) is 16.6. The van der Waals surface area contributed by atoms with Gasteiger partial charge in [0.15, 0.2) is 0 Å². The van der Waals surface area contributed by atoms with Crippen LogP contribution in [0, 0.1) is 5.41 Å². The van der Waals surface area contributed by atoms with E-state index < -0.39 is 15.4 Å². The van der Waals surface area contributed by atoms with Gasteiger partial charge in [-0.05, 0) is 43.8 Å². The Morgan fingerprint density at radius 2 is 2.08 bits per heavy atom. The first kappa shape index (κ1) is 18.7. The van der Waals surface area contributed by atoms with Crippen molar-refractivity contribution in [1.82, 2.24) is 0 Å². The minimum atomic E-state index is -3.63. The Bertz CT molecular complexity index is 905. The van der Waals surface area contributed by atoms with Gasteiger partial charge in [-0.3, -0.25) is 9.52 Å². The van der Waals surface area contributed by atoms with Gasteiger partial charge in [0.2, 0.25) is 5.91 Å². The van der Waals surface area contributed by atoms with Gasteiger partial charge in [-0.2, -0.15) is 0 Å². The van der Waals surface area contributed by atoms with Gasteiger partial charge in [0.25, 0.3) is 10.0 Å². The number of ether oxygens (including phenoxy) is 1. The van der Waals surface area contributed by atoms with Crippen LogP contribution in [0.4, 0.5) is 11.4 Å². The highest BCUT2D eigenvalue weighted by atomic mass is 32.2. The fourth-order valence-corrected chi connectivity index (χ4v) is 4.82. The maximum atomic E-state index is 12.8. The highest BCUT2D eigenvalue weighted by Crippen LogP contribution is 2.38. The lowest BCUT2D eigenvalue weighted by atomic mass is 9.93. The topological polar surface area (TPSA) is 75.7 Å². The van der Waals surface area contributed by atoms with E-state index in [2.05, 4.69) is 4.72 Å². The minimum Gasteiger partial charge on any atom is -0.490 e. The number of nitrogens with zero attached hydrogens (tertiary/aromatic N) is 1. The van der Waals surface area contributed by atoms with Crippen LogP contribution in [0.3, 0.4) is 0 Å². The molecule has 8 heteroatoms. The summed E-state index contributed by atoms with van der Waals surface area (Å²) in [5, 5.41) is 1.71. The predicted molar refractivity (Wildman–Crippen MR) is 103 cm³/mol. The van der Waals surface area contributed by atoms with Gasteiger partial charge in [-0.15, -0.1) is 11.3 Å². The Morgan fingerprint density at radius 3 is 2.73 bits per heavy atom. The number of nitrogens with one attached hydrogen (secondary N) is 1. The summed E-state index contributed by atoms with van der Waals surface area (Å²) in [6.07, 6.45) is 0.814. The molecule has 140 valence electrons. The third-order valence-corrected chi connectivity index (χ3v) is 6.90. The molecule has 1 N–H and O–H groups in total. The van der Waals surface area contributed by atoms with Crippen LogP contribution in [-0.4, -0.2) is 27.5 Å². The van der Waals surface area contributed by atoms with E-state index in [-0.39, 0.29) is 16.7 Å². The van der Waals surface area contributed by atoms with Crippen LogP contribution >= 0.6 is 11.3 Å². The fraction of sp³-hybridized carbons (Fsp3) is 0.389. The maximum absolute atomic E-state index is 12.8. The lowest BCUT2D eigenvalue weighted by molar-refractivity contribution is -0.127. The van der Waals surface area contributed by atoms with Crippen LogP contribution in [0.2, 0.25) is 0 Å². The fourth-order valence-electron chi connectivity index (χ4n) is 2.78. The zero-order valence-electron chi connectivity index (χ0n) is 15.0. The van der Waals surface area contributed by atoms with Crippen molar-refractivity contribution in [2.24, 2.45) is 5.41 Å². The van der Waals surface area contributed by atoms with Gasteiger partial charge in [0.1, 0.15) is 16.6 Å². The molecule has 2 heterocycles. The Kier molecular flexibility index (Phi) is 4.98. The summed E-state index contributed by atoms with van der Waals surface area (Å²) in [5.74, 6) is 0.508. The van der Waals surface area contributed by atoms with Crippen molar-refractivity contribution in [3.05, 3.63) is 35.7 Å². The second kappa shape index (κ2) is 6.92. The minimum absolute atomic E-state index is 0.00464. The summed E-state index contributed by atoms with van der Waals surface area (Å²) in [7, 11) is -3.63. The number of thiophene rings is 1. The molecular weight excluding hydrogens is 372 g/mol. The summed E-state index contributed by atoms with van der Waals surface area (Å²) in [4.78, 5) is 14.5. The largest absolute Gasteiger partial charge is 0.490 e. The molecular formula is C18H22N2O4S2. The van der Waals surface area contributed by atoms with Crippen molar-refractivity contribution in [2.45, 2.75) is 31.4 Å². The summed E-state index contributed by atoms with van der Waals surface area (Å²) >= 11 is 1.15. The number of rotatable bonds is 5. The van der Waals surface area contributed by atoms with Gasteiger partial charge in [0, 0.05) is 12.6 Å². The van der Waals surface area contributed by atoms with E-state index in [0.717, 1.165) is 17.8 Å². The van der Waals surface area contributed by atoms with E-state index in [1.54, 1.807) is 40.6 Å². The molecule has 0 saturated carbocycles. The molecule has 1 amide bonds. The molecule has 0 spiro atoms. The molecule has 0 bridgehead atoms. The van der Waals surface area contributed by atoms with Crippen LogP contribution in [0.15, 0.2) is 39.9 Å². The molecule has 0 fully saturated rings. The zero-order chi connectivity index (χ0) is 18.9. The van der Waals surface area contributed by atoms with Crippen LogP contribution in [-0.2, 0) is 14.8 Å². The Hall–Kier alpha value is -2.06. The SMILES string of the molecule is CCCN1C(=O)C(C)(C)COc2cc(NS(=O)(=O)c3cccs3)ccc21. The summed E-state index contributed by atoms with van der Waals surface area (Å²) < 4.78 is 33.5. The number of carbonyl (C=O) groups is 1. The third kappa shape index (κ3) is 3.57. The van der Waals surface area contributed by atoms with E-state index >= 15 is 0 Å². The second-order valence-corrected chi connectivity index (χ2v) is 9.71. The number of sulfonamides is 1. The highest BCUT2D eigenvalue weighted by molar-refractivity contribution is 7.94. The molecule has 0 saturated heterocycles. The van der Waals surface area contributed by atoms with Crippen molar-refractivity contribution in [3.8, 4) is 5.75 Å². The normalized spacial score (nSPS) is 16.6. The molecule has 6 nitrogen and oxygen atoms in total.